The molecule has 0 spiro atoms. The summed E-state index contributed by atoms with van der Waals surface area (Å²) >= 11 is 0. The van der Waals surface area contributed by atoms with Crippen LogP contribution in [0.2, 0.25) is 0 Å². The summed E-state index contributed by atoms with van der Waals surface area (Å²) in [5.74, 6) is 1.20. The summed E-state index contributed by atoms with van der Waals surface area (Å²) in [6.07, 6.45) is 2.21. The molecule has 0 aromatic heterocycles. The second kappa shape index (κ2) is 6.31. The van der Waals surface area contributed by atoms with Crippen LogP contribution < -0.4 is 14.2 Å². The number of carboxylic acids is 1. The molecule has 1 aromatic rings. The van der Waals surface area contributed by atoms with E-state index in [0.29, 0.717) is 43.3 Å². The number of hydrogen-bond acceptors (Lipinski definition) is 4. The third-order valence-electron chi connectivity index (χ3n) is 2.99. The van der Waals surface area contributed by atoms with Crippen LogP contribution in [0.25, 0.3) is 0 Å². The summed E-state index contributed by atoms with van der Waals surface area (Å²) < 4.78 is 16.7. The molecule has 5 heteroatoms. The number of aryl methyl sites for hydroxylation is 1. The van der Waals surface area contributed by atoms with Crippen molar-refractivity contribution in [3.8, 4) is 17.2 Å². The van der Waals surface area contributed by atoms with Crippen LogP contribution in [0.4, 0.5) is 0 Å². The van der Waals surface area contributed by atoms with Gasteiger partial charge in [-0.3, -0.25) is 4.79 Å². The molecule has 0 aliphatic carbocycles. The van der Waals surface area contributed by atoms with Gasteiger partial charge in [-0.25, -0.2) is 0 Å². The van der Waals surface area contributed by atoms with Gasteiger partial charge in [-0.1, -0.05) is 6.07 Å². The van der Waals surface area contributed by atoms with E-state index in [0.717, 1.165) is 12.0 Å². The first-order chi connectivity index (χ1) is 9.22. The molecule has 2 rings (SSSR count). The molecule has 0 atom stereocenters. The van der Waals surface area contributed by atoms with E-state index < -0.39 is 5.97 Å². The highest BCUT2D eigenvalue weighted by Crippen LogP contribution is 2.41. The fourth-order valence-electron chi connectivity index (χ4n) is 2.10. The van der Waals surface area contributed by atoms with Gasteiger partial charge in [-0.05, 0) is 24.5 Å². The highest BCUT2D eigenvalue weighted by atomic mass is 16.5. The molecule has 0 fully saturated rings. The summed E-state index contributed by atoms with van der Waals surface area (Å²) in [7, 11) is 1.59. The summed E-state index contributed by atoms with van der Waals surface area (Å²) in [6.45, 7) is 1.23. The van der Waals surface area contributed by atoms with Crippen molar-refractivity contribution in [2.24, 2.45) is 0 Å². The second-order valence-electron chi connectivity index (χ2n) is 4.38. The molecule has 1 aliphatic heterocycles. The summed E-state index contributed by atoms with van der Waals surface area (Å²) in [4.78, 5) is 10.5. The highest BCUT2D eigenvalue weighted by Gasteiger charge is 2.19. The Hall–Kier alpha value is -1.91. The minimum Gasteiger partial charge on any atom is -0.492 e. The third kappa shape index (κ3) is 3.30. The lowest BCUT2D eigenvalue weighted by molar-refractivity contribution is -0.137. The van der Waals surface area contributed by atoms with Gasteiger partial charge in [-0.15, -0.1) is 0 Å². The van der Waals surface area contributed by atoms with Crippen LogP contribution in [0.5, 0.6) is 17.2 Å². The SMILES string of the molecule is COc1c(CCCC(=O)O)ccc2c1OCCCO2. The normalized spacial score (nSPS) is 13.7. The van der Waals surface area contributed by atoms with Crippen molar-refractivity contribution in [3.63, 3.8) is 0 Å². The number of carbonyl (C=O) groups is 1. The molecule has 0 unspecified atom stereocenters. The van der Waals surface area contributed by atoms with E-state index in [1.165, 1.54) is 0 Å². The standard InChI is InChI=1S/C14H18O5/c1-17-13-10(4-2-5-12(15)16)6-7-11-14(13)19-9-3-8-18-11/h6-7H,2-5,8-9H2,1H3,(H,15,16). The predicted octanol–water partition coefficient (Wildman–Crippen LogP) is 2.26. The van der Waals surface area contributed by atoms with Crippen LogP contribution in [-0.4, -0.2) is 31.4 Å². The second-order valence-corrected chi connectivity index (χ2v) is 4.38. The average molecular weight is 266 g/mol. The zero-order valence-corrected chi connectivity index (χ0v) is 11.0. The molecule has 1 heterocycles. The number of aliphatic carboxylic acids is 1. The lowest BCUT2D eigenvalue weighted by Crippen LogP contribution is -2.01. The Labute approximate surface area is 112 Å². The van der Waals surface area contributed by atoms with Gasteiger partial charge in [0, 0.05) is 12.8 Å². The van der Waals surface area contributed by atoms with Crippen molar-refractivity contribution >= 4 is 5.97 Å². The molecule has 0 radical (unpaired) electrons. The fraction of sp³-hybridized carbons (Fsp3) is 0.500. The lowest BCUT2D eigenvalue weighted by Gasteiger charge is -2.15. The van der Waals surface area contributed by atoms with Crippen LogP contribution >= 0.6 is 0 Å². The Morgan fingerprint density at radius 1 is 1.37 bits per heavy atom. The zero-order chi connectivity index (χ0) is 13.7. The van der Waals surface area contributed by atoms with Gasteiger partial charge in [0.1, 0.15) is 0 Å². The van der Waals surface area contributed by atoms with Gasteiger partial charge in [0.05, 0.1) is 20.3 Å². The van der Waals surface area contributed by atoms with Gasteiger partial charge in [-0.2, -0.15) is 0 Å². The highest BCUT2D eigenvalue weighted by molar-refractivity contribution is 5.66. The van der Waals surface area contributed by atoms with Crippen molar-refractivity contribution in [1.82, 2.24) is 0 Å². The van der Waals surface area contributed by atoms with Crippen LogP contribution in [0.1, 0.15) is 24.8 Å². The molecule has 5 nitrogen and oxygen atoms in total. The summed E-state index contributed by atoms with van der Waals surface area (Å²) in [5.41, 5.74) is 0.952. The largest absolute Gasteiger partial charge is 0.492 e. The van der Waals surface area contributed by atoms with Crippen molar-refractivity contribution in [2.45, 2.75) is 25.7 Å². The number of carboxylic acid groups (broad SMARTS) is 1. The van der Waals surface area contributed by atoms with Crippen molar-refractivity contribution in [2.75, 3.05) is 20.3 Å². The van der Waals surface area contributed by atoms with Crippen molar-refractivity contribution in [3.05, 3.63) is 17.7 Å². The Morgan fingerprint density at radius 2 is 2.16 bits per heavy atom. The van der Waals surface area contributed by atoms with Gasteiger partial charge in [0.2, 0.25) is 5.75 Å². The van der Waals surface area contributed by atoms with Gasteiger partial charge >= 0.3 is 5.97 Å². The average Bonchev–Trinajstić information content (AvgIpc) is 2.63. The molecule has 104 valence electrons. The van der Waals surface area contributed by atoms with E-state index in [2.05, 4.69) is 0 Å². The monoisotopic (exact) mass is 266 g/mol. The number of benzene rings is 1. The Bertz CT molecular complexity index is 455. The van der Waals surface area contributed by atoms with Gasteiger partial charge in [0.25, 0.3) is 0 Å². The Morgan fingerprint density at radius 3 is 2.89 bits per heavy atom. The molecule has 1 aromatic carbocycles. The van der Waals surface area contributed by atoms with Gasteiger partial charge < -0.3 is 19.3 Å². The topological polar surface area (TPSA) is 65.0 Å². The van der Waals surface area contributed by atoms with E-state index in [1.54, 1.807) is 7.11 Å². The minimum absolute atomic E-state index is 0.150. The van der Waals surface area contributed by atoms with Gasteiger partial charge in [0.15, 0.2) is 11.5 Å². The zero-order valence-electron chi connectivity index (χ0n) is 11.0. The lowest BCUT2D eigenvalue weighted by atomic mass is 10.1. The maximum Gasteiger partial charge on any atom is 0.303 e. The van der Waals surface area contributed by atoms with E-state index in [1.807, 2.05) is 12.1 Å². The number of methoxy groups -OCH3 is 1. The third-order valence-corrected chi connectivity index (χ3v) is 2.99. The number of ether oxygens (including phenoxy) is 3. The van der Waals surface area contributed by atoms with Crippen LogP contribution in [-0.2, 0) is 11.2 Å². The summed E-state index contributed by atoms with van der Waals surface area (Å²) in [5, 5.41) is 8.67. The van der Waals surface area contributed by atoms with Crippen LogP contribution in [0, 0.1) is 0 Å². The first kappa shape index (κ1) is 13.5. The summed E-state index contributed by atoms with van der Waals surface area (Å²) in [6, 6.07) is 3.77. The van der Waals surface area contributed by atoms with E-state index in [9.17, 15) is 4.79 Å². The molecule has 1 aliphatic rings. The molecule has 0 bridgehead atoms. The first-order valence-electron chi connectivity index (χ1n) is 6.39. The molecular weight excluding hydrogens is 248 g/mol. The quantitative estimate of drug-likeness (QED) is 0.885. The van der Waals surface area contributed by atoms with E-state index in [-0.39, 0.29) is 6.42 Å². The maximum atomic E-state index is 10.5. The minimum atomic E-state index is -0.784. The van der Waals surface area contributed by atoms with E-state index >= 15 is 0 Å². The fourth-order valence-corrected chi connectivity index (χ4v) is 2.10. The molecule has 0 saturated heterocycles. The Balaban J connectivity index is 2.19. The molecule has 1 N–H and O–H groups in total. The van der Waals surface area contributed by atoms with Crippen molar-refractivity contribution < 1.29 is 24.1 Å². The Kier molecular flexibility index (Phi) is 4.49. The molecular formula is C14H18O5. The predicted molar refractivity (Wildman–Crippen MR) is 69.2 cm³/mol. The van der Waals surface area contributed by atoms with E-state index in [4.69, 9.17) is 19.3 Å². The van der Waals surface area contributed by atoms with Crippen molar-refractivity contribution in [1.29, 1.82) is 0 Å². The molecule has 19 heavy (non-hydrogen) atoms. The maximum absolute atomic E-state index is 10.5. The number of hydrogen-bond donors (Lipinski definition) is 1. The van der Waals surface area contributed by atoms with Crippen LogP contribution in [0.3, 0.4) is 0 Å². The molecule has 0 saturated carbocycles. The smallest absolute Gasteiger partial charge is 0.303 e. The number of fused-ring (bicyclic) bond motifs is 1. The molecule has 0 amide bonds. The first-order valence-corrected chi connectivity index (χ1v) is 6.39. The number of rotatable bonds is 5. The van der Waals surface area contributed by atoms with Crippen LogP contribution in [0.15, 0.2) is 12.1 Å².